The molecular weight excluding hydrogens is 304 g/mol. The summed E-state index contributed by atoms with van der Waals surface area (Å²) < 4.78 is 12.7. The van der Waals surface area contributed by atoms with Crippen LogP contribution >= 0.6 is 0 Å². The smallest absolute Gasteiger partial charge is 0.192 e. The first-order valence-electron chi connectivity index (χ1n) is 9.00. The SMILES string of the molecule is CC(C)=C1CC[C@H]([C@H]2CCC(=O)CO2)[C@H]1O[Si](C)(C)C(C)(C)C. The molecule has 0 unspecified atom stereocenters. The first-order chi connectivity index (χ1) is 10.5. The highest BCUT2D eigenvalue weighted by atomic mass is 28.4. The normalized spacial score (nSPS) is 30.0. The summed E-state index contributed by atoms with van der Waals surface area (Å²) in [6.45, 7) is 16.2. The van der Waals surface area contributed by atoms with Crippen molar-refractivity contribution >= 4 is 14.1 Å². The standard InChI is InChI=1S/C19H34O3Si/c1-13(2)15-9-10-16(17-11-8-14(20)12-21-17)18(15)22-23(6,7)19(3,4)5/h16-18H,8-12H2,1-7H3/t16-,17-,18+/m1/s1. The molecule has 0 radical (unpaired) electrons. The Morgan fingerprint density at radius 1 is 1.17 bits per heavy atom. The van der Waals surface area contributed by atoms with Crippen LogP contribution in [0.3, 0.4) is 0 Å². The molecule has 3 nitrogen and oxygen atoms in total. The van der Waals surface area contributed by atoms with Gasteiger partial charge in [0.2, 0.25) is 0 Å². The Morgan fingerprint density at radius 3 is 2.30 bits per heavy atom. The molecule has 2 fully saturated rings. The van der Waals surface area contributed by atoms with E-state index in [0.717, 1.165) is 19.3 Å². The zero-order valence-corrected chi connectivity index (χ0v) is 17.0. The van der Waals surface area contributed by atoms with Crippen LogP contribution in [0.5, 0.6) is 0 Å². The summed E-state index contributed by atoms with van der Waals surface area (Å²) >= 11 is 0. The molecule has 3 atom stereocenters. The predicted molar refractivity (Wildman–Crippen MR) is 97.1 cm³/mol. The van der Waals surface area contributed by atoms with Crippen LogP contribution in [0.2, 0.25) is 18.1 Å². The number of hydrogen-bond acceptors (Lipinski definition) is 3. The summed E-state index contributed by atoms with van der Waals surface area (Å²) in [5, 5.41) is 0.205. The van der Waals surface area contributed by atoms with Gasteiger partial charge in [-0.2, -0.15) is 0 Å². The van der Waals surface area contributed by atoms with Crippen LogP contribution in [0.4, 0.5) is 0 Å². The van der Waals surface area contributed by atoms with Crippen LogP contribution in [0, 0.1) is 5.92 Å². The second-order valence-electron chi connectivity index (χ2n) is 8.95. The van der Waals surface area contributed by atoms with Crippen molar-refractivity contribution in [2.75, 3.05) is 6.61 Å². The summed E-state index contributed by atoms with van der Waals surface area (Å²) in [4.78, 5) is 11.5. The Kier molecular flexibility index (Phi) is 5.59. The molecule has 132 valence electrons. The van der Waals surface area contributed by atoms with E-state index in [0.29, 0.717) is 12.3 Å². The zero-order valence-electron chi connectivity index (χ0n) is 16.0. The lowest BCUT2D eigenvalue weighted by Gasteiger charge is -2.42. The van der Waals surface area contributed by atoms with Crippen LogP contribution in [0.25, 0.3) is 0 Å². The fourth-order valence-electron chi connectivity index (χ4n) is 3.44. The lowest BCUT2D eigenvalue weighted by molar-refractivity contribution is -0.135. The molecule has 2 rings (SSSR count). The van der Waals surface area contributed by atoms with Gasteiger partial charge in [0.15, 0.2) is 14.1 Å². The van der Waals surface area contributed by atoms with Gasteiger partial charge in [-0.05, 0) is 56.8 Å². The molecule has 2 aliphatic rings. The average molecular weight is 339 g/mol. The number of Topliss-reactive ketones (excluding diaryl/α,β-unsaturated/α-hetero) is 1. The summed E-state index contributed by atoms with van der Waals surface area (Å²) in [6.07, 6.45) is 4.12. The fourth-order valence-corrected chi connectivity index (χ4v) is 4.74. The van der Waals surface area contributed by atoms with Crippen LogP contribution in [-0.4, -0.2) is 32.9 Å². The molecule has 0 N–H and O–H groups in total. The third-order valence-electron chi connectivity index (χ3n) is 5.99. The van der Waals surface area contributed by atoms with Crippen LogP contribution in [0.15, 0.2) is 11.1 Å². The minimum absolute atomic E-state index is 0.180. The maximum atomic E-state index is 11.5. The summed E-state index contributed by atoms with van der Waals surface area (Å²) in [5.74, 6) is 0.644. The summed E-state index contributed by atoms with van der Waals surface area (Å²) in [5.41, 5.74) is 2.86. The maximum absolute atomic E-state index is 11.5. The van der Waals surface area contributed by atoms with Crippen molar-refractivity contribution in [2.45, 2.75) is 90.6 Å². The number of carbonyl (C=O) groups is 1. The number of allylic oxidation sites excluding steroid dienone is 1. The van der Waals surface area contributed by atoms with Gasteiger partial charge in [0.1, 0.15) is 6.61 Å². The minimum atomic E-state index is -1.83. The quantitative estimate of drug-likeness (QED) is 0.544. The van der Waals surface area contributed by atoms with E-state index in [-0.39, 0.29) is 29.6 Å². The molecular formula is C19H34O3Si. The number of carbonyl (C=O) groups excluding carboxylic acids is 1. The van der Waals surface area contributed by atoms with E-state index in [2.05, 4.69) is 47.7 Å². The van der Waals surface area contributed by atoms with Crippen molar-refractivity contribution in [1.29, 1.82) is 0 Å². The molecule has 0 amide bonds. The van der Waals surface area contributed by atoms with Crippen LogP contribution in [0.1, 0.15) is 60.3 Å². The molecule has 0 spiro atoms. The lowest BCUT2D eigenvalue weighted by atomic mass is 9.91. The topological polar surface area (TPSA) is 35.5 Å². The second-order valence-corrected chi connectivity index (χ2v) is 13.7. The van der Waals surface area contributed by atoms with Gasteiger partial charge in [0.25, 0.3) is 0 Å². The van der Waals surface area contributed by atoms with Gasteiger partial charge in [-0.15, -0.1) is 0 Å². The Labute approximate surface area is 142 Å². The van der Waals surface area contributed by atoms with E-state index in [1.54, 1.807) is 0 Å². The van der Waals surface area contributed by atoms with E-state index in [1.165, 1.54) is 11.1 Å². The van der Waals surface area contributed by atoms with Gasteiger partial charge in [-0.25, -0.2) is 0 Å². The van der Waals surface area contributed by atoms with Crippen molar-refractivity contribution in [1.82, 2.24) is 0 Å². The lowest BCUT2D eigenvalue weighted by Crippen LogP contribution is -2.47. The van der Waals surface area contributed by atoms with E-state index in [1.807, 2.05) is 0 Å². The highest BCUT2D eigenvalue weighted by molar-refractivity contribution is 6.74. The molecule has 0 bridgehead atoms. The van der Waals surface area contributed by atoms with Crippen molar-refractivity contribution in [3.8, 4) is 0 Å². The van der Waals surface area contributed by atoms with Crippen LogP contribution in [-0.2, 0) is 14.0 Å². The van der Waals surface area contributed by atoms with Crippen LogP contribution < -0.4 is 0 Å². The highest BCUT2D eigenvalue weighted by Crippen LogP contribution is 2.45. The minimum Gasteiger partial charge on any atom is -0.410 e. The van der Waals surface area contributed by atoms with Gasteiger partial charge >= 0.3 is 0 Å². The van der Waals surface area contributed by atoms with Crippen molar-refractivity contribution < 1.29 is 14.0 Å². The first-order valence-corrected chi connectivity index (χ1v) is 11.9. The predicted octanol–water partition coefficient (Wildman–Crippen LogP) is 4.87. The molecule has 4 heteroatoms. The van der Waals surface area contributed by atoms with E-state index in [9.17, 15) is 4.79 Å². The van der Waals surface area contributed by atoms with Gasteiger partial charge < -0.3 is 9.16 Å². The van der Waals surface area contributed by atoms with Crippen molar-refractivity contribution in [3.05, 3.63) is 11.1 Å². The maximum Gasteiger partial charge on any atom is 0.192 e. The molecule has 1 saturated carbocycles. The molecule has 1 saturated heterocycles. The number of rotatable bonds is 3. The van der Waals surface area contributed by atoms with Crippen molar-refractivity contribution in [3.63, 3.8) is 0 Å². The summed E-state index contributed by atoms with van der Waals surface area (Å²) in [7, 11) is -1.83. The van der Waals surface area contributed by atoms with Gasteiger partial charge in [-0.3, -0.25) is 4.79 Å². The molecule has 1 aliphatic heterocycles. The zero-order chi connectivity index (χ0) is 17.4. The first kappa shape index (κ1) is 18.9. The number of ether oxygens (including phenoxy) is 1. The third-order valence-corrected chi connectivity index (χ3v) is 10.4. The second kappa shape index (κ2) is 6.81. The number of ketones is 1. The van der Waals surface area contributed by atoms with E-state index < -0.39 is 8.32 Å². The van der Waals surface area contributed by atoms with Gasteiger partial charge in [0, 0.05) is 12.3 Å². The molecule has 1 heterocycles. The number of hydrogen-bond donors (Lipinski definition) is 0. The molecule has 0 aromatic carbocycles. The molecule has 0 aromatic heterocycles. The van der Waals surface area contributed by atoms with E-state index in [4.69, 9.17) is 9.16 Å². The van der Waals surface area contributed by atoms with Crippen molar-refractivity contribution in [2.24, 2.45) is 5.92 Å². The Bertz CT molecular complexity index is 473. The molecule has 23 heavy (non-hydrogen) atoms. The Balaban J connectivity index is 2.22. The molecule has 0 aromatic rings. The largest absolute Gasteiger partial charge is 0.410 e. The highest BCUT2D eigenvalue weighted by Gasteiger charge is 2.46. The van der Waals surface area contributed by atoms with Gasteiger partial charge in [-0.1, -0.05) is 26.3 Å². The molecule has 1 aliphatic carbocycles. The summed E-state index contributed by atoms with van der Waals surface area (Å²) in [6, 6.07) is 0. The fraction of sp³-hybridized carbons (Fsp3) is 0.842. The third kappa shape index (κ3) is 4.15. The van der Waals surface area contributed by atoms with E-state index >= 15 is 0 Å². The van der Waals surface area contributed by atoms with Gasteiger partial charge in [0.05, 0.1) is 12.2 Å². The Morgan fingerprint density at radius 2 is 1.83 bits per heavy atom. The average Bonchev–Trinajstić information content (AvgIpc) is 2.81. The monoisotopic (exact) mass is 338 g/mol. The Hall–Kier alpha value is -0.453.